The first-order valence-electron chi connectivity index (χ1n) is 26.4. The molecule has 0 spiro atoms. The fourth-order valence-electron chi connectivity index (χ4n) is 9.94. The molecule has 5 aromatic carbocycles. The molecule has 74 heavy (non-hydrogen) atoms. The van der Waals surface area contributed by atoms with Crippen molar-refractivity contribution in [3.05, 3.63) is 157 Å². The first-order valence-corrected chi connectivity index (χ1v) is 26.4. The van der Waals surface area contributed by atoms with E-state index in [0.717, 1.165) is 117 Å². The quantitative estimate of drug-likeness (QED) is 0.0226. The maximum Gasteiger partial charge on any atom is 0.330 e. The van der Waals surface area contributed by atoms with Crippen molar-refractivity contribution in [1.82, 2.24) is 0 Å². The van der Waals surface area contributed by atoms with Gasteiger partial charge in [-0.15, -0.1) is 0 Å². The van der Waals surface area contributed by atoms with E-state index in [-0.39, 0.29) is 30.3 Å². The lowest BCUT2D eigenvalue weighted by Gasteiger charge is -2.29. The number of nitrogens with zero attached hydrogens (tertiary/aromatic N) is 1. The minimum absolute atomic E-state index is 0.0998. The number of esters is 4. The molecule has 0 aliphatic heterocycles. The molecule has 0 amide bonds. The summed E-state index contributed by atoms with van der Waals surface area (Å²) >= 11 is 0. The van der Waals surface area contributed by atoms with Gasteiger partial charge in [0.05, 0.1) is 38.1 Å². The summed E-state index contributed by atoms with van der Waals surface area (Å²) in [4.78, 5) is 48.7. The minimum atomic E-state index is -0.407. The molecule has 0 bridgehead atoms. The molecule has 0 saturated heterocycles. The molecule has 5 aromatic rings. The van der Waals surface area contributed by atoms with Gasteiger partial charge in [-0.05, 0) is 183 Å². The Bertz CT molecular complexity index is 2650. The standard InChI is InChI=1S/C63H69NO10/c1-3-60(65)71-41-7-5-39-69-56-32-28-54(29-33-56)52-24-20-50(21-25-52)48-16-9-45(10-17-48)14-37-62(67)73-58-36-13-47(44-64)43-59(58)74-63(68)38-15-46-11-18-49(19-12-46)51-22-26-53(27-23-51)55-30-34-57(35-31-55)70-40-6-8-42-72-61(66)4-2/h3-4,13,20-36,43,45-46,48-49H,1-2,5-12,14-19,37-42H2/t45-,46?,48-,49?. The molecule has 0 N–H and O–H groups in total. The van der Waals surface area contributed by atoms with Crippen molar-refractivity contribution in [2.75, 3.05) is 26.4 Å². The van der Waals surface area contributed by atoms with Crippen molar-refractivity contribution in [3.63, 3.8) is 0 Å². The van der Waals surface area contributed by atoms with Crippen molar-refractivity contribution in [3.8, 4) is 51.3 Å². The number of carbonyl (C=O) groups is 4. The third kappa shape index (κ3) is 17.1. The number of hydrogen-bond donors (Lipinski definition) is 0. The Hall–Kier alpha value is -7.45. The van der Waals surface area contributed by atoms with Crippen molar-refractivity contribution in [2.45, 2.75) is 115 Å². The van der Waals surface area contributed by atoms with E-state index in [4.69, 9.17) is 28.4 Å². The van der Waals surface area contributed by atoms with Crippen LogP contribution in [0, 0.1) is 23.2 Å². The molecule has 2 fully saturated rings. The number of hydrogen-bond acceptors (Lipinski definition) is 11. The topological polar surface area (TPSA) is 147 Å². The fourth-order valence-corrected chi connectivity index (χ4v) is 9.94. The molecule has 386 valence electrons. The zero-order chi connectivity index (χ0) is 51.9. The second kappa shape index (κ2) is 28.7. The number of ether oxygens (including phenoxy) is 6. The van der Waals surface area contributed by atoms with Crippen LogP contribution in [-0.2, 0) is 28.7 Å². The van der Waals surface area contributed by atoms with E-state index in [9.17, 15) is 24.4 Å². The molecule has 0 heterocycles. The Labute approximate surface area is 436 Å². The highest BCUT2D eigenvalue weighted by molar-refractivity contribution is 5.81. The summed E-state index contributed by atoms with van der Waals surface area (Å²) in [7, 11) is 0. The lowest BCUT2D eigenvalue weighted by atomic mass is 9.77. The molecule has 11 heteroatoms. The first kappa shape index (κ1) is 54.3. The molecule has 0 aromatic heterocycles. The number of nitriles is 1. The molecule has 2 aliphatic carbocycles. The van der Waals surface area contributed by atoms with E-state index >= 15 is 0 Å². The van der Waals surface area contributed by atoms with Crippen molar-refractivity contribution < 1.29 is 47.6 Å². The van der Waals surface area contributed by atoms with Gasteiger partial charge in [-0.3, -0.25) is 9.59 Å². The summed E-state index contributed by atoms with van der Waals surface area (Å²) in [5.41, 5.74) is 7.52. The molecular weight excluding hydrogens is 931 g/mol. The first-order chi connectivity index (χ1) is 36.2. The molecular formula is C63H69NO10. The Morgan fingerprint density at radius 3 is 1.26 bits per heavy atom. The van der Waals surface area contributed by atoms with Crippen molar-refractivity contribution in [2.24, 2.45) is 11.8 Å². The van der Waals surface area contributed by atoms with Crippen LogP contribution in [0.3, 0.4) is 0 Å². The summed E-state index contributed by atoms with van der Waals surface area (Å²) in [6.45, 7) is 8.61. The van der Waals surface area contributed by atoms with Gasteiger partial charge in [0.15, 0.2) is 11.5 Å². The molecule has 0 unspecified atom stereocenters. The lowest BCUT2D eigenvalue weighted by molar-refractivity contribution is -0.138. The molecule has 0 radical (unpaired) electrons. The molecule has 11 nitrogen and oxygen atoms in total. The number of carbonyl (C=O) groups excluding carboxylic acids is 4. The summed E-state index contributed by atoms with van der Waals surface area (Å²) in [5.74, 6) is 2.05. The smallest absolute Gasteiger partial charge is 0.330 e. The fraction of sp³-hybridized carbons (Fsp3) is 0.381. The second-order valence-electron chi connectivity index (χ2n) is 19.4. The van der Waals surface area contributed by atoms with Gasteiger partial charge < -0.3 is 28.4 Å². The summed E-state index contributed by atoms with van der Waals surface area (Å²) in [5, 5.41) is 9.59. The molecule has 2 aliphatic rings. The van der Waals surface area contributed by atoms with Crippen LogP contribution >= 0.6 is 0 Å². The predicted octanol–water partition coefficient (Wildman–Crippen LogP) is 14.0. The van der Waals surface area contributed by atoms with E-state index in [1.165, 1.54) is 35.4 Å². The zero-order valence-corrected chi connectivity index (χ0v) is 42.5. The van der Waals surface area contributed by atoms with E-state index in [1.54, 1.807) is 6.07 Å². The Morgan fingerprint density at radius 2 is 0.865 bits per heavy atom. The van der Waals surface area contributed by atoms with Crippen LogP contribution in [0.2, 0.25) is 0 Å². The Balaban J connectivity index is 0.777. The van der Waals surface area contributed by atoms with Gasteiger partial charge in [0.1, 0.15) is 11.5 Å². The van der Waals surface area contributed by atoms with Gasteiger partial charge in [0.25, 0.3) is 0 Å². The van der Waals surface area contributed by atoms with Gasteiger partial charge in [0, 0.05) is 31.1 Å². The highest BCUT2D eigenvalue weighted by atomic mass is 16.6. The van der Waals surface area contributed by atoms with E-state index in [2.05, 4.69) is 92.0 Å². The van der Waals surface area contributed by atoms with E-state index < -0.39 is 17.9 Å². The van der Waals surface area contributed by atoms with Crippen molar-refractivity contribution >= 4 is 23.9 Å². The Morgan fingerprint density at radius 1 is 0.486 bits per heavy atom. The highest BCUT2D eigenvalue weighted by Gasteiger charge is 2.26. The average Bonchev–Trinajstić information content (AvgIpc) is 3.44. The van der Waals surface area contributed by atoms with Gasteiger partial charge in [0.2, 0.25) is 0 Å². The average molecular weight is 1000 g/mol. The SMILES string of the molecule is C=CC(=O)OCCCCOc1ccc(-c2ccc(C3CCC(CCC(=O)Oc4cc(C#N)ccc4OC(=O)CC[C@H]4CC[C@H](c5ccc(-c6ccc(OCCCCOC(=O)C=C)cc6)cc5)CC4)CC3)cc2)cc1. The van der Waals surface area contributed by atoms with Gasteiger partial charge in [-0.25, -0.2) is 9.59 Å². The highest BCUT2D eigenvalue weighted by Crippen LogP contribution is 2.40. The molecule has 7 rings (SSSR count). The number of rotatable bonds is 26. The van der Waals surface area contributed by atoms with Gasteiger partial charge >= 0.3 is 23.9 Å². The predicted molar refractivity (Wildman–Crippen MR) is 286 cm³/mol. The van der Waals surface area contributed by atoms with Crippen LogP contribution < -0.4 is 18.9 Å². The minimum Gasteiger partial charge on any atom is -0.494 e. The third-order valence-electron chi connectivity index (χ3n) is 14.3. The van der Waals surface area contributed by atoms with Crippen molar-refractivity contribution in [1.29, 1.82) is 5.26 Å². The van der Waals surface area contributed by atoms with Gasteiger partial charge in [-0.1, -0.05) is 86.0 Å². The lowest BCUT2D eigenvalue weighted by Crippen LogP contribution is -2.17. The largest absolute Gasteiger partial charge is 0.494 e. The van der Waals surface area contributed by atoms with Gasteiger partial charge in [-0.2, -0.15) is 5.26 Å². The monoisotopic (exact) mass is 999 g/mol. The second-order valence-corrected chi connectivity index (χ2v) is 19.4. The van der Waals surface area contributed by atoms with Crippen LogP contribution in [0.1, 0.15) is 131 Å². The number of unbranched alkanes of at least 4 members (excludes halogenated alkanes) is 2. The summed E-state index contributed by atoms with van der Waals surface area (Å²) in [6, 6.07) is 40.5. The maximum atomic E-state index is 13.2. The summed E-state index contributed by atoms with van der Waals surface area (Å²) < 4.78 is 33.3. The molecule has 2 saturated carbocycles. The normalized spacial score (nSPS) is 17.2. The van der Waals surface area contributed by atoms with Crippen LogP contribution in [0.25, 0.3) is 22.3 Å². The zero-order valence-electron chi connectivity index (χ0n) is 42.5. The Kier molecular flexibility index (Phi) is 21.1. The molecule has 0 atom stereocenters. The van der Waals surface area contributed by atoms with Crippen LogP contribution in [0.5, 0.6) is 23.0 Å². The van der Waals surface area contributed by atoms with Crippen LogP contribution in [0.4, 0.5) is 0 Å². The summed E-state index contributed by atoms with van der Waals surface area (Å²) in [6.07, 6.45) is 15.6. The number of benzene rings is 5. The van der Waals surface area contributed by atoms with Crippen LogP contribution in [-0.4, -0.2) is 50.3 Å². The van der Waals surface area contributed by atoms with Crippen LogP contribution in [0.15, 0.2) is 141 Å². The maximum absolute atomic E-state index is 13.2. The third-order valence-corrected chi connectivity index (χ3v) is 14.3. The van der Waals surface area contributed by atoms with E-state index in [1.807, 2.05) is 24.3 Å². The van der Waals surface area contributed by atoms with E-state index in [0.29, 0.717) is 62.1 Å².